The number of nitrogens with zero attached hydrogens (tertiary/aromatic N) is 1. The highest BCUT2D eigenvalue weighted by atomic mass is 32.1. The van der Waals surface area contributed by atoms with Crippen molar-refractivity contribution >= 4 is 23.3 Å². The molecule has 1 atom stereocenters. The number of piperidine rings is 1. The Kier molecular flexibility index (Phi) is 6.21. The van der Waals surface area contributed by atoms with Gasteiger partial charge in [-0.25, -0.2) is 0 Å². The second-order valence-electron chi connectivity index (χ2n) is 6.14. The molecule has 0 bridgehead atoms. The monoisotopic (exact) mass is 341 g/mol. The Morgan fingerprint density at radius 1 is 1.25 bits per heavy atom. The second kappa shape index (κ2) is 8.81. The summed E-state index contributed by atoms with van der Waals surface area (Å²) < 4.78 is 5.85. The summed E-state index contributed by atoms with van der Waals surface area (Å²) in [6, 6.07) is 14.2. The summed E-state index contributed by atoms with van der Waals surface area (Å²) in [6.07, 6.45) is 5.78. The number of amides is 1. The number of likely N-dealkylation sites (tertiary alicyclic amines) is 1. The molecule has 0 N–H and O–H groups in total. The zero-order valence-corrected chi connectivity index (χ0v) is 14.6. The predicted molar refractivity (Wildman–Crippen MR) is 98.8 cm³/mol. The van der Waals surface area contributed by atoms with Crippen molar-refractivity contribution in [3.8, 4) is 0 Å². The Labute approximate surface area is 147 Å². The zero-order valence-electron chi connectivity index (χ0n) is 13.8. The molecule has 0 spiro atoms. The minimum Gasteiger partial charge on any atom is -0.376 e. The molecule has 1 aliphatic rings. The lowest BCUT2D eigenvalue weighted by Gasteiger charge is -2.32. The van der Waals surface area contributed by atoms with Crippen LogP contribution in [0.15, 0.2) is 53.9 Å². The maximum atomic E-state index is 12.3. The molecule has 0 aliphatic carbocycles. The van der Waals surface area contributed by atoms with Gasteiger partial charge in [-0.3, -0.25) is 4.79 Å². The van der Waals surface area contributed by atoms with Crippen LogP contribution in [0.5, 0.6) is 0 Å². The van der Waals surface area contributed by atoms with Crippen molar-refractivity contribution in [1.29, 1.82) is 0 Å². The third kappa shape index (κ3) is 5.05. The highest BCUT2D eigenvalue weighted by Crippen LogP contribution is 2.18. The zero-order chi connectivity index (χ0) is 16.6. The molecule has 1 saturated heterocycles. The SMILES string of the molecule is O=C(/C=C/c1cccs1)N1CCCC(COCc2ccccc2)C1. The van der Waals surface area contributed by atoms with Gasteiger partial charge in [0, 0.05) is 24.0 Å². The molecule has 1 aliphatic heterocycles. The number of thiophene rings is 1. The highest BCUT2D eigenvalue weighted by Gasteiger charge is 2.22. The van der Waals surface area contributed by atoms with E-state index in [0.29, 0.717) is 19.1 Å². The molecule has 126 valence electrons. The fourth-order valence-corrected chi connectivity index (χ4v) is 3.58. The van der Waals surface area contributed by atoms with Crippen LogP contribution in [0.2, 0.25) is 0 Å². The van der Waals surface area contributed by atoms with Gasteiger partial charge < -0.3 is 9.64 Å². The molecule has 1 amide bonds. The largest absolute Gasteiger partial charge is 0.376 e. The van der Waals surface area contributed by atoms with E-state index < -0.39 is 0 Å². The van der Waals surface area contributed by atoms with Gasteiger partial charge in [0.2, 0.25) is 5.91 Å². The molecule has 1 aromatic heterocycles. The summed E-state index contributed by atoms with van der Waals surface area (Å²) in [5.41, 5.74) is 1.19. The number of hydrogen-bond acceptors (Lipinski definition) is 3. The van der Waals surface area contributed by atoms with Gasteiger partial charge in [-0.05, 0) is 41.8 Å². The van der Waals surface area contributed by atoms with E-state index in [2.05, 4.69) is 12.1 Å². The molecule has 1 unspecified atom stereocenters. The summed E-state index contributed by atoms with van der Waals surface area (Å²) in [6.45, 7) is 3.00. The third-order valence-electron chi connectivity index (χ3n) is 4.23. The smallest absolute Gasteiger partial charge is 0.246 e. The Bertz CT molecular complexity index is 652. The standard InChI is InChI=1S/C20H23NO2S/c22-20(11-10-19-9-5-13-24-19)21-12-4-8-18(14-21)16-23-15-17-6-2-1-3-7-17/h1-3,5-7,9-11,13,18H,4,8,12,14-16H2/b11-10+. The Hall–Kier alpha value is -1.91. The van der Waals surface area contributed by atoms with E-state index in [1.165, 1.54) is 5.56 Å². The van der Waals surface area contributed by atoms with Crippen molar-refractivity contribution in [3.05, 3.63) is 64.4 Å². The number of benzene rings is 1. The van der Waals surface area contributed by atoms with Gasteiger partial charge in [-0.15, -0.1) is 11.3 Å². The van der Waals surface area contributed by atoms with Crippen molar-refractivity contribution in [1.82, 2.24) is 4.90 Å². The van der Waals surface area contributed by atoms with Crippen molar-refractivity contribution in [2.75, 3.05) is 19.7 Å². The highest BCUT2D eigenvalue weighted by molar-refractivity contribution is 7.10. The average molecular weight is 341 g/mol. The van der Waals surface area contributed by atoms with Gasteiger partial charge in [-0.1, -0.05) is 36.4 Å². The topological polar surface area (TPSA) is 29.5 Å². The summed E-state index contributed by atoms with van der Waals surface area (Å²) in [4.78, 5) is 15.4. The molecule has 3 nitrogen and oxygen atoms in total. The summed E-state index contributed by atoms with van der Waals surface area (Å²) in [5.74, 6) is 0.540. The molecule has 2 heterocycles. The Balaban J connectivity index is 1.44. The van der Waals surface area contributed by atoms with Crippen molar-refractivity contribution < 1.29 is 9.53 Å². The van der Waals surface area contributed by atoms with E-state index in [1.54, 1.807) is 17.4 Å². The Morgan fingerprint density at radius 3 is 2.92 bits per heavy atom. The van der Waals surface area contributed by atoms with Crippen molar-refractivity contribution in [2.24, 2.45) is 5.92 Å². The molecule has 4 heteroatoms. The number of hydrogen-bond donors (Lipinski definition) is 0. The van der Waals surface area contributed by atoms with E-state index >= 15 is 0 Å². The quantitative estimate of drug-likeness (QED) is 0.736. The number of carbonyl (C=O) groups is 1. The first-order chi connectivity index (χ1) is 11.8. The molecule has 0 saturated carbocycles. The lowest BCUT2D eigenvalue weighted by molar-refractivity contribution is -0.128. The lowest BCUT2D eigenvalue weighted by atomic mass is 9.99. The van der Waals surface area contributed by atoms with Gasteiger partial charge in [0.05, 0.1) is 13.2 Å². The molecular formula is C20H23NO2S. The van der Waals surface area contributed by atoms with E-state index in [4.69, 9.17) is 4.74 Å². The van der Waals surface area contributed by atoms with Crippen molar-refractivity contribution in [3.63, 3.8) is 0 Å². The predicted octanol–water partition coefficient (Wildman–Crippen LogP) is 4.22. The maximum absolute atomic E-state index is 12.3. The minimum atomic E-state index is 0.108. The summed E-state index contributed by atoms with van der Waals surface area (Å²) in [5, 5.41) is 2.02. The lowest BCUT2D eigenvalue weighted by Crippen LogP contribution is -2.40. The van der Waals surface area contributed by atoms with Gasteiger partial charge in [0.1, 0.15) is 0 Å². The van der Waals surface area contributed by atoms with Crippen LogP contribution in [0.1, 0.15) is 23.3 Å². The normalized spacial score (nSPS) is 18.2. The van der Waals surface area contributed by atoms with Crippen LogP contribution in [0, 0.1) is 5.92 Å². The van der Waals surface area contributed by atoms with E-state index in [0.717, 1.165) is 30.8 Å². The van der Waals surface area contributed by atoms with Gasteiger partial charge in [-0.2, -0.15) is 0 Å². The maximum Gasteiger partial charge on any atom is 0.246 e. The summed E-state index contributed by atoms with van der Waals surface area (Å²) in [7, 11) is 0. The molecule has 24 heavy (non-hydrogen) atoms. The fraction of sp³-hybridized carbons (Fsp3) is 0.350. The number of rotatable bonds is 6. The number of carbonyl (C=O) groups excluding carboxylic acids is 1. The Morgan fingerprint density at radius 2 is 2.12 bits per heavy atom. The van der Waals surface area contributed by atoms with Crippen LogP contribution in [0.3, 0.4) is 0 Å². The van der Waals surface area contributed by atoms with Gasteiger partial charge in [0.25, 0.3) is 0 Å². The molecular weight excluding hydrogens is 318 g/mol. The minimum absolute atomic E-state index is 0.108. The van der Waals surface area contributed by atoms with Crippen molar-refractivity contribution in [2.45, 2.75) is 19.4 Å². The molecule has 2 aromatic rings. The van der Waals surface area contributed by atoms with Crippen LogP contribution >= 0.6 is 11.3 Å². The van der Waals surface area contributed by atoms with Crippen LogP contribution in [0.4, 0.5) is 0 Å². The molecule has 3 rings (SSSR count). The van der Waals surface area contributed by atoms with Gasteiger partial charge >= 0.3 is 0 Å². The van der Waals surface area contributed by atoms with Crippen LogP contribution in [0.25, 0.3) is 6.08 Å². The van der Waals surface area contributed by atoms with E-state index in [9.17, 15) is 4.79 Å². The first-order valence-electron chi connectivity index (χ1n) is 8.43. The first kappa shape index (κ1) is 16.9. The number of ether oxygens (including phenoxy) is 1. The first-order valence-corrected chi connectivity index (χ1v) is 9.31. The third-order valence-corrected chi connectivity index (χ3v) is 5.07. The average Bonchev–Trinajstić information content (AvgIpc) is 3.14. The molecule has 1 aromatic carbocycles. The van der Waals surface area contributed by atoms with E-state index in [-0.39, 0.29) is 5.91 Å². The summed E-state index contributed by atoms with van der Waals surface area (Å²) >= 11 is 1.64. The fourth-order valence-electron chi connectivity index (χ4n) is 2.96. The molecule has 0 radical (unpaired) electrons. The molecule has 1 fully saturated rings. The second-order valence-corrected chi connectivity index (χ2v) is 7.12. The van der Waals surface area contributed by atoms with Gasteiger partial charge in [0.15, 0.2) is 0 Å². The van der Waals surface area contributed by atoms with E-state index in [1.807, 2.05) is 46.7 Å². The van der Waals surface area contributed by atoms with Crippen LogP contribution < -0.4 is 0 Å². The van der Waals surface area contributed by atoms with Crippen LogP contribution in [-0.2, 0) is 16.1 Å². The van der Waals surface area contributed by atoms with Crippen LogP contribution in [-0.4, -0.2) is 30.5 Å².